The molecule has 8 nitrogen and oxygen atoms in total. The highest BCUT2D eigenvalue weighted by Gasteiger charge is 2.47. The predicted octanol–water partition coefficient (Wildman–Crippen LogP) is 2.55. The third-order valence-electron chi connectivity index (χ3n) is 4.51. The Morgan fingerprint density at radius 3 is 2.21 bits per heavy atom. The molecular formula is C20H23N3O5. The summed E-state index contributed by atoms with van der Waals surface area (Å²) in [6.07, 6.45) is -4.36. The quantitative estimate of drug-likeness (QED) is 0.391. The molecule has 2 N–H and O–H groups in total. The largest absolute Gasteiger partial charge is 0.385 e. The van der Waals surface area contributed by atoms with Gasteiger partial charge in [0.2, 0.25) is 0 Å². The first kappa shape index (κ1) is 20.3. The van der Waals surface area contributed by atoms with Gasteiger partial charge in [-0.1, -0.05) is 65.8 Å². The van der Waals surface area contributed by atoms with Crippen molar-refractivity contribution in [3.63, 3.8) is 0 Å². The van der Waals surface area contributed by atoms with E-state index in [0.29, 0.717) is 6.61 Å². The zero-order valence-electron chi connectivity index (χ0n) is 15.2. The van der Waals surface area contributed by atoms with Gasteiger partial charge in [0.25, 0.3) is 0 Å². The Morgan fingerprint density at radius 2 is 1.61 bits per heavy atom. The van der Waals surface area contributed by atoms with Crippen molar-refractivity contribution in [1.29, 1.82) is 0 Å². The van der Waals surface area contributed by atoms with E-state index in [4.69, 9.17) is 19.7 Å². The van der Waals surface area contributed by atoms with Gasteiger partial charge in [-0.2, -0.15) is 0 Å². The lowest BCUT2D eigenvalue weighted by molar-refractivity contribution is -0.133. The van der Waals surface area contributed by atoms with Gasteiger partial charge in [0.15, 0.2) is 6.29 Å². The normalized spacial score (nSPS) is 25.2. The number of rotatable bonds is 9. The molecule has 0 amide bonds. The van der Waals surface area contributed by atoms with Gasteiger partial charge < -0.3 is 24.4 Å². The van der Waals surface area contributed by atoms with Crippen molar-refractivity contribution >= 4 is 0 Å². The van der Waals surface area contributed by atoms with Crippen LogP contribution in [0.1, 0.15) is 11.1 Å². The number of aliphatic hydroxyl groups excluding tert-OH is 2. The molecule has 8 heteroatoms. The fourth-order valence-corrected chi connectivity index (χ4v) is 3.08. The van der Waals surface area contributed by atoms with E-state index >= 15 is 0 Å². The van der Waals surface area contributed by atoms with Crippen LogP contribution in [-0.4, -0.2) is 47.5 Å². The zero-order chi connectivity index (χ0) is 19.8. The van der Waals surface area contributed by atoms with Gasteiger partial charge in [-0.3, -0.25) is 0 Å². The number of hydrogen-bond acceptors (Lipinski definition) is 6. The Kier molecular flexibility index (Phi) is 7.39. The number of benzene rings is 2. The van der Waals surface area contributed by atoms with Gasteiger partial charge in [-0.25, -0.2) is 0 Å². The monoisotopic (exact) mass is 385 g/mol. The van der Waals surface area contributed by atoms with E-state index in [1.807, 2.05) is 60.7 Å². The molecule has 1 aliphatic heterocycles. The van der Waals surface area contributed by atoms with Crippen LogP contribution in [0.4, 0.5) is 0 Å². The summed E-state index contributed by atoms with van der Waals surface area (Å²) in [6.45, 7) is 0.628. The van der Waals surface area contributed by atoms with Crippen LogP contribution in [0.15, 0.2) is 65.8 Å². The van der Waals surface area contributed by atoms with Crippen LogP contribution in [-0.2, 0) is 27.4 Å². The standard InChI is InChI=1S/C20H23N3O5/c21-23-22-16(13-26-11-14-7-3-1-4-8-14)18-19(17(24)20(25)28-18)27-12-15-9-5-2-6-10-15/h1-10,16-20,24-25H,11-13H2/t16-,17-,18-,19-,20?/m1/s1. The van der Waals surface area contributed by atoms with Gasteiger partial charge in [0.05, 0.1) is 25.9 Å². The first-order valence-corrected chi connectivity index (χ1v) is 9.02. The van der Waals surface area contributed by atoms with Crippen molar-refractivity contribution in [3.8, 4) is 0 Å². The molecule has 2 aromatic carbocycles. The third-order valence-corrected chi connectivity index (χ3v) is 4.51. The maximum absolute atomic E-state index is 10.3. The Bertz CT molecular complexity index is 770. The molecule has 0 aliphatic carbocycles. The second kappa shape index (κ2) is 10.2. The van der Waals surface area contributed by atoms with E-state index in [1.54, 1.807) is 0 Å². The van der Waals surface area contributed by atoms with E-state index < -0.39 is 30.6 Å². The molecule has 28 heavy (non-hydrogen) atoms. The first-order valence-electron chi connectivity index (χ1n) is 9.02. The van der Waals surface area contributed by atoms with Crippen LogP contribution in [0, 0.1) is 0 Å². The molecule has 0 aromatic heterocycles. The van der Waals surface area contributed by atoms with Crippen LogP contribution in [0.25, 0.3) is 10.4 Å². The van der Waals surface area contributed by atoms with E-state index in [9.17, 15) is 10.2 Å². The van der Waals surface area contributed by atoms with Crippen LogP contribution in [0.5, 0.6) is 0 Å². The van der Waals surface area contributed by atoms with E-state index in [-0.39, 0.29) is 13.2 Å². The minimum Gasteiger partial charge on any atom is -0.385 e. The second-order valence-corrected chi connectivity index (χ2v) is 6.52. The summed E-state index contributed by atoms with van der Waals surface area (Å²) in [4.78, 5) is 2.86. The van der Waals surface area contributed by atoms with E-state index in [0.717, 1.165) is 11.1 Å². The minimum atomic E-state index is -1.42. The van der Waals surface area contributed by atoms with Gasteiger partial charge in [-0.05, 0) is 16.7 Å². The molecule has 5 atom stereocenters. The molecule has 0 bridgehead atoms. The summed E-state index contributed by atoms with van der Waals surface area (Å²) >= 11 is 0. The number of azide groups is 1. The van der Waals surface area contributed by atoms with Gasteiger partial charge in [-0.15, -0.1) is 0 Å². The molecule has 148 valence electrons. The van der Waals surface area contributed by atoms with Crippen molar-refractivity contribution in [2.45, 2.75) is 43.9 Å². The molecule has 0 saturated carbocycles. The lowest BCUT2D eigenvalue weighted by Gasteiger charge is -2.25. The molecule has 1 saturated heterocycles. The maximum atomic E-state index is 10.3. The molecule has 1 heterocycles. The fraction of sp³-hybridized carbons (Fsp3) is 0.400. The minimum absolute atomic E-state index is 0.0637. The summed E-state index contributed by atoms with van der Waals surface area (Å²) in [5, 5.41) is 23.9. The maximum Gasteiger partial charge on any atom is 0.183 e. The molecule has 3 rings (SSSR count). The Labute approximate surface area is 162 Å². The lowest BCUT2D eigenvalue weighted by Crippen LogP contribution is -2.42. The second-order valence-electron chi connectivity index (χ2n) is 6.52. The number of hydrogen-bond donors (Lipinski definition) is 2. The summed E-state index contributed by atoms with van der Waals surface area (Å²) < 4.78 is 16.9. The summed E-state index contributed by atoms with van der Waals surface area (Å²) in [5.74, 6) is 0. The smallest absolute Gasteiger partial charge is 0.183 e. The zero-order valence-corrected chi connectivity index (χ0v) is 15.2. The van der Waals surface area contributed by atoms with Crippen LogP contribution < -0.4 is 0 Å². The van der Waals surface area contributed by atoms with Gasteiger partial charge in [0.1, 0.15) is 18.3 Å². The van der Waals surface area contributed by atoms with E-state index in [2.05, 4.69) is 10.0 Å². The first-order chi connectivity index (χ1) is 13.7. The third kappa shape index (κ3) is 5.30. The molecule has 0 spiro atoms. The van der Waals surface area contributed by atoms with Crippen molar-refractivity contribution < 1.29 is 24.4 Å². The Morgan fingerprint density at radius 1 is 1.00 bits per heavy atom. The molecule has 1 fully saturated rings. The number of aliphatic hydroxyl groups is 2. The van der Waals surface area contributed by atoms with Crippen molar-refractivity contribution in [2.75, 3.05) is 6.61 Å². The van der Waals surface area contributed by atoms with E-state index in [1.165, 1.54) is 0 Å². The molecular weight excluding hydrogens is 362 g/mol. The van der Waals surface area contributed by atoms with Crippen LogP contribution in [0.3, 0.4) is 0 Å². The highest BCUT2D eigenvalue weighted by molar-refractivity contribution is 5.14. The van der Waals surface area contributed by atoms with Crippen LogP contribution >= 0.6 is 0 Å². The van der Waals surface area contributed by atoms with Gasteiger partial charge in [0, 0.05) is 4.91 Å². The summed E-state index contributed by atoms with van der Waals surface area (Å²) in [6, 6.07) is 18.3. The Hall–Kier alpha value is -2.45. The molecule has 1 aliphatic rings. The highest BCUT2D eigenvalue weighted by atomic mass is 16.7. The number of nitrogens with zero attached hydrogens (tertiary/aromatic N) is 3. The molecule has 2 aromatic rings. The molecule has 1 unspecified atom stereocenters. The fourth-order valence-electron chi connectivity index (χ4n) is 3.08. The van der Waals surface area contributed by atoms with Crippen LogP contribution in [0.2, 0.25) is 0 Å². The summed E-state index contributed by atoms with van der Waals surface area (Å²) in [7, 11) is 0. The van der Waals surface area contributed by atoms with Crippen molar-refractivity contribution in [3.05, 3.63) is 82.2 Å². The average Bonchev–Trinajstić information content (AvgIpc) is 3.01. The molecule has 0 radical (unpaired) electrons. The highest BCUT2D eigenvalue weighted by Crippen LogP contribution is 2.28. The SMILES string of the molecule is [N-]=[N+]=N[C@H](COCc1ccccc1)[C@H]1OC(O)[C@H](O)[C@H]1OCc1ccccc1. The summed E-state index contributed by atoms with van der Waals surface area (Å²) in [5.41, 5.74) is 10.8. The average molecular weight is 385 g/mol. The topological polar surface area (TPSA) is 117 Å². The van der Waals surface area contributed by atoms with Crippen molar-refractivity contribution in [2.24, 2.45) is 5.11 Å². The lowest BCUT2D eigenvalue weighted by atomic mass is 10.0. The van der Waals surface area contributed by atoms with Crippen molar-refractivity contribution in [1.82, 2.24) is 0 Å². The predicted molar refractivity (Wildman–Crippen MR) is 101 cm³/mol. The number of ether oxygens (including phenoxy) is 3. The Balaban J connectivity index is 1.63. The van der Waals surface area contributed by atoms with Gasteiger partial charge >= 0.3 is 0 Å².